The lowest BCUT2D eigenvalue weighted by molar-refractivity contribution is -0.117. The summed E-state index contributed by atoms with van der Waals surface area (Å²) in [5.74, 6) is -0.271. The molecule has 104 valence electrons. The van der Waals surface area contributed by atoms with Gasteiger partial charge in [-0.3, -0.25) is 4.79 Å². The molecule has 5 heteroatoms. The van der Waals surface area contributed by atoms with Gasteiger partial charge in [0.25, 0.3) is 0 Å². The van der Waals surface area contributed by atoms with Crippen LogP contribution in [0.2, 0.25) is 5.15 Å². The highest BCUT2D eigenvalue weighted by Crippen LogP contribution is 2.22. The number of carbonyl (C=O) groups excluding carboxylic acids is 1. The Balaban J connectivity index is 2.05. The summed E-state index contributed by atoms with van der Waals surface area (Å²) < 4.78 is 0. The van der Waals surface area contributed by atoms with E-state index in [-0.39, 0.29) is 11.1 Å². The van der Waals surface area contributed by atoms with Crippen molar-refractivity contribution >= 4 is 23.2 Å². The summed E-state index contributed by atoms with van der Waals surface area (Å²) in [6.45, 7) is 1.85. The third-order valence-electron chi connectivity index (χ3n) is 3.00. The quantitative estimate of drug-likeness (QED) is 0.850. The Morgan fingerprint density at radius 1 is 1.35 bits per heavy atom. The lowest BCUT2D eigenvalue weighted by atomic mass is 10.1. The van der Waals surface area contributed by atoms with Crippen molar-refractivity contribution in [2.75, 3.05) is 5.32 Å². The zero-order valence-corrected chi connectivity index (χ0v) is 11.9. The predicted molar refractivity (Wildman–Crippen MR) is 80.7 cm³/mol. The Morgan fingerprint density at radius 3 is 2.70 bits per heavy atom. The van der Waals surface area contributed by atoms with E-state index in [1.54, 1.807) is 12.3 Å². The average Bonchev–Trinajstić information content (AvgIpc) is 2.44. The van der Waals surface area contributed by atoms with Gasteiger partial charge in [-0.05, 0) is 30.5 Å². The molecule has 1 aromatic heterocycles. The van der Waals surface area contributed by atoms with Gasteiger partial charge in [-0.15, -0.1) is 0 Å². The Labute approximate surface area is 123 Å². The second-order valence-corrected chi connectivity index (χ2v) is 4.94. The minimum Gasteiger partial charge on any atom is -0.322 e. The number of halogens is 1. The number of amides is 1. The van der Waals surface area contributed by atoms with Crippen LogP contribution in [0, 0.1) is 6.92 Å². The van der Waals surface area contributed by atoms with Crippen LogP contribution in [0.1, 0.15) is 11.1 Å². The monoisotopic (exact) mass is 289 g/mol. The molecule has 0 saturated heterocycles. The molecule has 2 rings (SSSR count). The van der Waals surface area contributed by atoms with Crippen LogP contribution in [0.3, 0.4) is 0 Å². The molecule has 0 radical (unpaired) electrons. The van der Waals surface area contributed by atoms with Crippen LogP contribution in [0.15, 0.2) is 42.6 Å². The predicted octanol–water partition coefficient (Wildman–Crippen LogP) is 2.55. The fourth-order valence-electron chi connectivity index (χ4n) is 1.85. The van der Waals surface area contributed by atoms with Crippen molar-refractivity contribution in [2.45, 2.75) is 19.4 Å². The molecule has 0 aliphatic heterocycles. The summed E-state index contributed by atoms with van der Waals surface area (Å²) in [7, 11) is 0. The van der Waals surface area contributed by atoms with E-state index in [1.165, 1.54) is 0 Å². The number of hydrogen-bond acceptors (Lipinski definition) is 3. The van der Waals surface area contributed by atoms with Gasteiger partial charge in [0.1, 0.15) is 0 Å². The summed E-state index contributed by atoms with van der Waals surface area (Å²) in [6.07, 6.45) is 2.07. The number of nitrogens with one attached hydrogen (secondary N) is 1. The Hall–Kier alpha value is -1.91. The number of nitrogens with two attached hydrogens (primary N) is 1. The highest BCUT2D eigenvalue weighted by Gasteiger charge is 2.16. The molecular formula is C15H16ClN3O. The second-order valence-electron chi connectivity index (χ2n) is 4.58. The van der Waals surface area contributed by atoms with E-state index in [0.717, 1.165) is 11.1 Å². The number of benzene rings is 1. The van der Waals surface area contributed by atoms with Crippen molar-refractivity contribution in [1.29, 1.82) is 0 Å². The van der Waals surface area contributed by atoms with Crippen LogP contribution in [0.5, 0.6) is 0 Å². The summed E-state index contributed by atoms with van der Waals surface area (Å²) in [4.78, 5) is 16.0. The van der Waals surface area contributed by atoms with Crippen LogP contribution < -0.4 is 11.1 Å². The number of rotatable bonds is 4. The van der Waals surface area contributed by atoms with Gasteiger partial charge in [0, 0.05) is 6.20 Å². The first-order valence-corrected chi connectivity index (χ1v) is 6.67. The molecule has 3 N–H and O–H groups in total. The average molecular weight is 290 g/mol. The van der Waals surface area contributed by atoms with Gasteiger partial charge in [-0.2, -0.15) is 0 Å². The standard InChI is InChI=1S/C15H16ClN3O/c1-10-7-8-18-14(16)13(10)19-15(20)12(17)9-11-5-3-2-4-6-11/h2-8,12H,9,17H2,1H3,(H,19,20)/t12-/m1/s1. The van der Waals surface area contributed by atoms with Crippen molar-refractivity contribution in [2.24, 2.45) is 5.73 Å². The smallest absolute Gasteiger partial charge is 0.241 e. The molecule has 4 nitrogen and oxygen atoms in total. The fourth-order valence-corrected chi connectivity index (χ4v) is 2.10. The van der Waals surface area contributed by atoms with Gasteiger partial charge in [0.05, 0.1) is 11.7 Å². The summed E-state index contributed by atoms with van der Waals surface area (Å²) >= 11 is 5.97. The van der Waals surface area contributed by atoms with Gasteiger partial charge < -0.3 is 11.1 Å². The third kappa shape index (κ3) is 3.56. The van der Waals surface area contributed by atoms with Crippen molar-refractivity contribution in [1.82, 2.24) is 4.98 Å². The van der Waals surface area contributed by atoms with Crippen LogP contribution >= 0.6 is 11.6 Å². The lowest BCUT2D eigenvalue weighted by Gasteiger charge is -2.14. The summed E-state index contributed by atoms with van der Waals surface area (Å²) in [5, 5.41) is 3.01. The van der Waals surface area contributed by atoms with Crippen molar-refractivity contribution in [3.63, 3.8) is 0 Å². The van der Waals surface area contributed by atoms with Gasteiger partial charge in [-0.1, -0.05) is 41.9 Å². The largest absolute Gasteiger partial charge is 0.322 e. The van der Waals surface area contributed by atoms with Crippen LogP contribution in [0.25, 0.3) is 0 Å². The molecule has 0 spiro atoms. The van der Waals surface area contributed by atoms with Gasteiger partial charge in [0.2, 0.25) is 5.91 Å². The van der Waals surface area contributed by atoms with Gasteiger partial charge >= 0.3 is 0 Å². The number of aromatic nitrogens is 1. The third-order valence-corrected chi connectivity index (χ3v) is 3.28. The van der Waals surface area contributed by atoms with E-state index in [1.807, 2.05) is 37.3 Å². The molecule has 0 bridgehead atoms. The highest BCUT2D eigenvalue weighted by atomic mass is 35.5. The maximum Gasteiger partial charge on any atom is 0.241 e. The van der Waals surface area contributed by atoms with E-state index >= 15 is 0 Å². The molecule has 0 fully saturated rings. The Kier molecular flexibility index (Phi) is 4.71. The molecule has 1 amide bonds. The topological polar surface area (TPSA) is 68.0 Å². The van der Waals surface area contributed by atoms with E-state index in [2.05, 4.69) is 10.3 Å². The van der Waals surface area contributed by atoms with Gasteiger partial charge in [0.15, 0.2) is 5.15 Å². The molecule has 1 heterocycles. The van der Waals surface area contributed by atoms with E-state index in [9.17, 15) is 4.79 Å². The maximum atomic E-state index is 12.1. The number of anilines is 1. The first kappa shape index (κ1) is 14.5. The van der Waals surface area contributed by atoms with E-state index in [0.29, 0.717) is 12.1 Å². The minimum atomic E-state index is -0.631. The molecular weight excluding hydrogens is 274 g/mol. The summed E-state index contributed by atoms with van der Waals surface area (Å²) in [5.41, 5.74) is 8.31. The Bertz CT molecular complexity index is 581. The minimum absolute atomic E-state index is 0.269. The van der Waals surface area contributed by atoms with Crippen molar-refractivity contribution < 1.29 is 4.79 Å². The normalized spacial score (nSPS) is 11.9. The summed E-state index contributed by atoms with van der Waals surface area (Å²) in [6, 6.07) is 10.8. The first-order chi connectivity index (χ1) is 9.58. The fraction of sp³-hybridized carbons (Fsp3) is 0.200. The van der Waals surface area contributed by atoms with Crippen LogP contribution in [-0.4, -0.2) is 16.9 Å². The molecule has 20 heavy (non-hydrogen) atoms. The number of carbonyl (C=O) groups is 1. The van der Waals surface area contributed by atoms with Crippen LogP contribution in [-0.2, 0) is 11.2 Å². The van der Waals surface area contributed by atoms with E-state index < -0.39 is 6.04 Å². The molecule has 0 unspecified atom stereocenters. The zero-order valence-electron chi connectivity index (χ0n) is 11.1. The van der Waals surface area contributed by atoms with Crippen LogP contribution in [0.4, 0.5) is 5.69 Å². The molecule has 0 aliphatic rings. The Morgan fingerprint density at radius 2 is 2.05 bits per heavy atom. The number of pyridine rings is 1. The second kappa shape index (κ2) is 6.50. The number of aryl methyl sites for hydroxylation is 1. The molecule has 1 atom stereocenters. The lowest BCUT2D eigenvalue weighted by Crippen LogP contribution is -2.37. The van der Waals surface area contributed by atoms with Gasteiger partial charge in [-0.25, -0.2) is 4.98 Å². The maximum absolute atomic E-state index is 12.1. The van der Waals surface area contributed by atoms with E-state index in [4.69, 9.17) is 17.3 Å². The highest BCUT2D eigenvalue weighted by molar-refractivity contribution is 6.32. The molecule has 2 aromatic rings. The number of hydrogen-bond donors (Lipinski definition) is 2. The SMILES string of the molecule is Cc1ccnc(Cl)c1NC(=O)[C@H](N)Cc1ccccc1. The first-order valence-electron chi connectivity index (χ1n) is 6.29. The molecule has 0 saturated carbocycles. The zero-order chi connectivity index (χ0) is 14.5. The molecule has 1 aromatic carbocycles. The van der Waals surface area contributed by atoms with Crippen molar-refractivity contribution in [3.05, 3.63) is 58.9 Å². The number of nitrogens with zero attached hydrogens (tertiary/aromatic N) is 1. The van der Waals surface area contributed by atoms with Crippen molar-refractivity contribution in [3.8, 4) is 0 Å². The molecule has 0 aliphatic carbocycles.